The molecule has 0 aliphatic heterocycles. The van der Waals surface area contributed by atoms with Gasteiger partial charge in [-0.25, -0.2) is 4.68 Å². The third-order valence-electron chi connectivity index (χ3n) is 6.84. The van der Waals surface area contributed by atoms with E-state index in [4.69, 9.17) is 4.74 Å². The van der Waals surface area contributed by atoms with Gasteiger partial charge < -0.3 is 9.72 Å². The lowest BCUT2D eigenvalue weighted by Crippen LogP contribution is -2.37. The van der Waals surface area contributed by atoms with Gasteiger partial charge in [0.2, 0.25) is 0 Å². The average Bonchev–Trinajstić information content (AvgIpc) is 3.40. The summed E-state index contributed by atoms with van der Waals surface area (Å²) in [6, 6.07) is 25.8. The fourth-order valence-corrected chi connectivity index (χ4v) is 4.90. The first-order chi connectivity index (χ1) is 18.7. The first-order valence-corrected chi connectivity index (χ1v) is 13.1. The molecule has 2 aromatic heterocycles. The maximum atomic E-state index is 13.8. The van der Waals surface area contributed by atoms with E-state index in [1.165, 1.54) is 0 Å². The lowest BCUT2D eigenvalue weighted by molar-refractivity contribution is 0.184. The Morgan fingerprint density at radius 3 is 2.31 bits per heavy atom. The van der Waals surface area contributed by atoms with E-state index < -0.39 is 11.6 Å². The van der Waals surface area contributed by atoms with Crippen LogP contribution in [-0.4, -0.2) is 37.2 Å². The summed E-state index contributed by atoms with van der Waals surface area (Å²) in [6.07, 6.45) is 0. The molecular formula is C31H34N6O2. The van der Waals surface area contributed by atoms with Gasteiger partial charge in [-0.2, -0.15) is 0 Å². The van der Waals surface area contributed by atoms with E-state index in [1.807, 2.05) is 72.3 Å². The molecule has 3 aromatic carbocycles. The van der Waals surface area contributed by atoms with Gasteiger partial charge in [-0.05, 0) is 84.5 Å². The monoisotopic (exact) mass is 522 g/mol. The first-order valence-electron chi connectivity index (χ1n) is 13.1. The number of fused-ring (bicyclic) bond motifs is 1. The van der Waals surface area contributed by atoms with E-state index in [0.29, 0.717) is 24.5 Å². The van der Waals surface area contributed by atoms with Crippen molar-refractivity contribution in [3.8, 4) is 5.75 Å². The minimum atomic E-state index is -0.518. The van der Waals surface area contributed by atoms with Crippen molar-refractivity contribution in [2.24, 2.45) is 0 Å². The number of nitrogens with one attached hydrogen (secondary N) is 1. The minimum Gasteiger partial charge on any atom is -0.497 e. The van der Waals surface area contributed by atoms with E-state index in [9.17, 15) is 4.79 Å². The predicted molar refractivity (Wildman–Crippen MR) is 153 cm³/mol. The number of methoxy groups -OCH3 is 1. The largest absolute Gasteiger partial charge is 0.497 e. The number of hydrogen-bond donors (Lipinski definition) is 1. The smallest absolute Gasteiger partial charge is 0.253 e. The molecule has 0 saturated heterocycles. The van der Waals surface area contributed by atoms with Crippen LogP contribution < -0.4 is 10.3 Å². The van der Waals surface area contributed by atoms with Crippen molar-refractivity contribution in [2.45, 2.75) is 52.4 Å². The summed E-state index contributed by atoms with van der Waals surface area (Å²) in [7, 11) is 1.66. The third-order valence-corrected chi connectivity index (χ3v) is 6.84. The number of ether oxygens (including phenoxy) is 1. The predicted octanol–water partition coefficient (Wildman–Crippen LogP) is 5.38. The van der Waals surface area contributed by atoms with Gasteiger partial charge in [0.25, 0.3) is 5.56 Å². The number of tetrazole rings is 1. The molecule has 0 aliphatic rings. The number of aryl methyl sites for hydroxylation is 1. The molecule has 0 unspecified atom stereocenters. The lowest BCUT2D eigenvalue weighted by atomic mass is 9.99. The van der Waals surface area contributed by atoms with Gasteiger partial charge in [0.05, 0.1) is 12.6 Å². The van der Waals surface area contributed by atoms with Crippen molar-refractivity contribution in [2.75, 3.05) is 7.11 Å². The lowest BCUT2D eigenvalue weighted by Gasteiger charge is -2.33. The number of H-pyrrole nitrogens is 1. The quantitative estimate of drug-likeness (QED) is 0.294. The maximum absolute atomic E-state index is 13.8. The SMILES string of the molecule is COc1ccc(CN(Cc2ccccc2)[C@@H](c2cc3ccc(C)cc3[nH]c2=O)c2nnnn2C(C)(C)C)cc1. The standard InChI is InChI=1S/C31H34N6O2/c1-21-11-14-24-18-26(30(38)32-27(24)17-21)28(29-33-34-35-37(29)31(2,3)4)36(19-22-9-7-6-8-10-22)20-23-12-15-25(39-5)16-13-23/h6-18,28H,19-20H2,1-5H3,(H,32,38)/t28-/m0/s1. The number of pyridine rings is 1. The van der Waals surface area contributed by atoms with Gasteiger partial charge >= 0.3 is 0 Å². The minimum absolute atomic E-state index is 0.158. The molecule has 0 bridgehead atoms. The second-order valence-electron chi connectivity index (χ2n) is 10.9. The molecule has 0 fully saturated rings. The van der Waals surface area contributed by atoms with E-state index >= 15 is 0 Å². The van der Waals surface area contributed by atoms with Gasteiger partial charge in [0, 0.05) is 24.2 Å². The zero-order chi connectivity index (χ0) is 27.6. The molecule has 1 N–H and O–H groups in total. The van der Waals surface area contributed by atoms with Gasteiger partial charge in [0.1, 0.15) is 11.8 Å². The summed E-state index contributed by atoms with van der Waals surface area (Å²) < 4.78 is 7.20. The van der Waals surface area contributed by atoms with Crippen LogP contribution >= 0.6 is 0 Å². The molecule has 0 saturated carbocycles. The number of benzene rings is 3. The molecule has 5 rings (SSSR count). The summed E-state index contributed by atoms with van der Waals surface area (Å²) >= 11 is 0. The molecule has 0 radical (unpaired) electrons. The molecular weight excluding hydrogens is 488 g/mol. The van der Waals surface area contributed by atoms with Crippen LogP contribution in [0.25, 0.3) is 10.9 Å². The third kappa shape index (κ3) is 5.76. The molecule has 39 heavy (non-hydrogen) atoms. The molecule has 0 amide bonds. The van der Waals surface area contributed by atoms with Crippen molar-refractivity contribution in [3.05, 3.63) is 117 Å². The van der Waals surface area contributed by atoms with Crippen molar-refractivity contribution in [1.82, 2.24) is 30.1 Å². The first kappa shape index (κ1) is 26.3. The van der Waals surface area contributed by atoms with Crippen LogP contribution in [0, 0.1) is 6.92 Å². The summed E-state index contributed by atoms with van der Waals surface area (Å²) in [5.41, 5.74) is 4.14. The van der Waals surface area contributed by atoms with Crippen molar-refractivity contribution in [1.29, 1.82) is 0 Å². The Bertz CT molecular complexity index is 1620. The highest BCUT2D eigenvalue weighted by atomic mass is 16.5. The molecule has 0 spiro atoms. The number of aromatic amines is 1. The number of nitrogens with zero attached hydrogens (tertiary/aromatic N) is 5. The van der Waals surface area contributed by atoms with Crippen molar-refractivity contribution in [3.63, 3.8) is 0 Å². The summed E-state index contributed by atoms with van der Waals surface area (Å²) in [6.45, 7) is 9.33. The van der Waals surface area contributed by atoms with Gasteiger partial charge in [-0.15, -0.1) is 5.10 Å². The molecule has 1 atom stereocenters. The van der Waals surface area contributed by atoms with E-state index in [2.05, 4.69) is 64.4 Å². The zero-order valence-corrected chi connectivity index (χ0v) is 23.0. The van der Waals surface area contributed by atoms with Crippen LogP contribution in [-0.2, 0) is 18.6 Å². The highest BCUT2D eigenvalue weighted by Crippen LogP contribution is 2.32. The van der Waals surface area contributed by atoms with Gasteiger partial charge in [-0.1, -0.05) is 54.6 Å². The number of hydrogen-bond acceptors (Lipinski definition) is 6. The Morgan fingerprint density at radius 2 is 1.64 bits per heavy atom. The van der Waals surface area contributed by atoms with Gasteiger partial charge in [0.15, 0.2) is 5.82 Å². The fourth-order valence-electron chi connectivity index (χ4n) is 4.90. The van der Waals surface area contributed by atoms with Gasteiger partial charge in [-0.3, -0.25) is 9.69 Å². The molecule has 2 heterocycles. The Kier molecular flexibility index (Phi) is 7.30. The number of aromatic nitrogens is 5. The second-order valence-corrected chi connectivity index (χ2v) is 10.9. The molecule has 8 heteroatoms. The van der Waals surface area contributed by atoms with Crippen LogP contribution in [0.4, 0.5) is 0 Å². The normalized spacial score (nSPS) is 12.7. The topological polar surface area (TPSA) is 88.9 Å². The maximum Gasteiger partial charge on any atom is 0.253 e. The number of rotatable bonds is 8. The molecule has 0 aliphatic carbocycles. The summed E-state index contributed by atoms with van der Waals surface area (Å²) in [5.74, 6) is 1.41. The highest BCUT2D eigenvalue weighted by Gasteiger charge is 2.33. The van der Waals surface area contributed by atoms with Crippen LogP contribution in [0.5, 0.6) is 5.75 Å². The Morgan fingerprint density at radius 1 is 0.949 bits per heavy atom. The van der Waals surface area contributed by atoms with E-state index in [1.54, 1.807) is 7.11 Å². The molecule has 200 valence electrons. The average molecular weight is 523 g/mol. The van der Waals surface area contributed by atoms with Crippen LogP contribution in [0.15, 0.2) is 83.7 Å². The van der Waals surface area contributed by atoms with Crippen LogP contribution in [0.2, 0.25) is 0 Å². The summed E-state index contributed by atoms with van der Waals surface area (Å²) in [5, 5.41) is 13.9. The van der Waals surface area contributed by atoms with Crippen LogP contribution in [0.1, 0.15) is 54.9 Å². The second kappa shape index (κ2) is 10.8. The fraction of sp³-hybridized carbons (Fsp3) is 0.290. The molecule has 5 aromatic rings. The Balaban J connectivity index is 1.71. The van der Waals surface area contributed by atoms with Crippen molar-refractivity contribution >= 4 is 10.9 Å². The zero-order valence-electron chi connectivity index (χ0n) is 23.0. The van der Waals surface area contributed by atoms with E-state index in [-0.39, 0.29) is 5.56 Å². The van der Waals surface area contributed by atoms with E-state index in [0.717, 1.165) is 33.3 Å². The molecule has 8 nitrogen and oxygen atoms in total. The van der Waals surface area contributed by atoms with Crippen LogP contribution in [0.3, 0.4) is 0 Å². The Hall–Kier alpha value is -4.30. The highest BCUT2D eigenvalue weighted by molar-refractivity contribution is 5.79. The Labute approximate surface area is 228 Å². The summed E-state index contributed by atoms with van der Waals surface area (Å²) in [4.78, 5) is 19.1. The van der Waals surface area contributed by atoms with Crippen molar-refractivity contribution < 1.29 is 4.74 Å².